The van der Waals surface area contributed by atoms with E-state index in [2.05, 4.69) is 35.8 Å². The molecule has 1 aromatic heterocycles. The van der Waals surface area contributed by atoms with Crippen molar-refractivity contribution in [3.63, 3.8) is 0 Å². The first kappa shape index (κ1) is 24.6. The second-order valence-electron chi connectivity index (χ2n) is 8.58. The number of benzene rings is 1. The molecule has 0 aliphatic carbocycles. The lowest BCUT2D eigenvalue weighted by Gasteiger charge is -2.22. The van der Waals surface area contributed by atoms with Crippen LogP contribution in [-0.2, 0) is 0 Å². The summed E-state index contributed by atoms with van der Waals surface area (Å²) in [5.41, 5.74) is 1.70. The Labute approximate surface area is 192 Å². The quantitative estimate of drug-likeness (QED) is 0.513. The fraction of sp³-hybridized carbons (Fsp3) is 0.400. The third-order valence-electron chi connectivity index (χ3n) is 5.99. The van der Waals surface area contributed by atoms with Crippen LogP contribution in [0.2, 0.25) is 0 Å². The lowest BCUT2D eigenvalue weighted by atomic mass is 9.91. The molecule has 1 aromatic carbocycles. The molecule has 1 saturated heterocycles. The number of nitrogens with one attached hydrogen (secondary N) is 1. The molecule has 8 heteroatoms. The Bertz CT molecular complexity index is 980. The van der Waals surface area contributed by atoms with Gasteiger partial charge in [0.15, 0.2) is 5.76 Å². The van der Waals surface area contributed by atoms with Gasteiger partial charge in [0, 0.05) is 42.5 Å². The summed E-state index contributed by atoms with van der Waals surface area (Å²) in [6, 6.07) is 11.1. The van der Waals surface area contributed by atoms with E-state index >= 15 is 0 Å². The van der Waals surface area contributed by atoms with E-state index in [1.165, 1.54) is 12.1 Å². The van der Waals surface area contributed by atoms with E-state index in [1.54, 1.807) is 13.0 Å². The van der Waals surface area contributed by atoms with E-state index in [1.807, 2.05) is 24.3 Å². The molecular weight excluding hydrogens is 431 g/mol. The number of hydrogen-bond acceptors (Lipinski definition) is 4. The molecule has 2 aromatic rings. The molecule has 3 rings (SSSR count). The van der Waals surface area contributed by atoms with Crippen molar-refractivity contribution in [1.82, 2.24) is 4.90 Å². The lowest BCUT2D eigenvalue weighted by Crippen LogP contribution is -2.31. The Morgan fingerprint density at radius 2 is 1.94 bits per heavy atom. The summed E-state index contributed by atoms with van der Waals surface area (Å²) in [6.07, 6.45) is -0.555. The summed E-state index contributed by atoms with van der Waals surface area (Å²) in [5.74, 6) is -1.16. The molecule has 2 heterocycles. The number of carbonyl (C=O) groups excluding carboxylic acids is 1. The van der Waals surface area contributed by atoms with E-state index in [4.69, 9.17) is 4.42 Å². The number of allylic oxidation sites excluding steroid dienone is 3. The third-order valence-corrected chi connectivity index (χ3v) is 5.99. The van der Waals surface area contributed by atoms with Crippen LogP contribution in [-0.4, -0.2) is 50.2 Å². The Morgan fingerprint density at radius 3 is 2.52 bits per heavy atom. The van der Waals surface area contributed by atoms with E-state index in [-0.39, 0.29) is 23.5 Å². The minimum atomic E-state index is -4.43. The largest absolute Gasteiger partial charge is 0.455 e. The van der Waals surface area contributed by atoms with Crippen LogP contribution in [0.1, 0.15) is 35.6 Å². The summed E-state index contributed by atoms with van der Waals surface area (Å²) in [5, 5.41) is 2.78. The summed E-state index contributed by atoms with van der Waals surface area (Å²) in [6.45, 7) is 7.34. The average molecular weight is 462 g/mol. The minimum Gasteiger partial charge on any atom is -0.455 e. The molecule has 1 aliphatic rings. The van der Waals surface area contributed by atoms with Crippen LogP contribution in [0.4, 0.5) is 24.5 Å². The van der Waals surface area contributed by atoms with Crippen LogP contribution >= 0.6 is 0 Å². The second-order valence-corrected chi connectivity index (χ2v) is 8.58. The van der Waals surface area contributed by atoms with Gasteiger partial charge >= 0.3 is 6.18 Å². The lowest BCUT2D eigenvalue weighted by molar-refractivity contribution is -0.0801. The highest BCUT2D eigenvalue weighted by Gasteiger charge is 2.26. The van der Waals surface area contributed by atoms with E-state index in [9.17, 15) is 18.0 Å². The molecule has 33 heavy (non-hydrogen) atoms. The topological polar surface area (TPSA) is 48.7 Å². The number of hydrogen-bond donors (Lipinski definition) is 1. The number of carbonyl (C=O) groups is 1. The Hall–Kier alpha value is -3.00. The zero-order chi connectivity index (χ0) is 24.2. The van der Waals surface area contributed by atoms with Crippen molar-refractivity contribution in [3.05, 3.63) is 72.7 Å². The predicted molar refractivity (Wildman–Crippen MR) is 125 cm³/mol. The Balaban J connectivity index is 1.66. The number of amides is 1. The summed E-state index contributed by atoms with van der Waals surface area (Å²) >= 11 is 0. The standard InChI is InChI=1S/C25H30F3N3O2/c1-5-17(2)21(12-14-25(26,27)28)22-10-11-23(33-22)24(32)29-18-6-8-19(9-7-18)31-15-13-20(16-31)30(3)4/h5-12,14,17,20-21H,1,13,15-16H2,2-4H3,(H,29,32)/b14-12+. The van der Waals surface area contributed by atoms with Crippen molar-refractivity contribution in [2.24, 2.45) is 5.92 Å². The van der Waals surface area contributed by atoms with Gasteiger partial charge < -0.3 is 19.5 Å². The molecule has 0 radical (unpaired) electrons. The Kier molecular flexibility index (Phi) is 7.68. The molecule has 178 valence electrons. The van der Waals surface area contributed by atoms with Gasteiger partial charge in [-0.25, -0.2) is 0 Å². The fourth-order valence-electron chi connectivity index (χ4n) is 3.89. The van der Waals surface area contributed by atoms with Crippen molar-refractivity contribution in [3.8, 4) is 0 Å². The highest BCUT2D eigenvalue weighted by Crippen LogP contribution is 2.31. The van der Waals surface area contributed by atoms with Crippen LogP contribution < -0.4 is 10.2 Å². The number of nitrogens with zero attached hydrogens (tertiary/aromatic N) is 2. The van der Waals surface area contributed by atoms with Crippen LogP contribution in [0.15, 0.2) is 65.6 Å². The third kappa shape index (κ3) is 6.51. The molecule has 3 unspecified atom stereocenters. The van der Waals surface area contributed by atoms with Crippen LogP contribution in [0.3, 0.4) is 0 Å². The van der Waals surface area contributed by atoms with Crippen molar-refractivity contribution in [1.29, 1.82) is 0 Å². The van der Waals surface area contributed by atoms with Gasteiger partial charge in [0.1, 0.15) is 5.76 Å². The maximum atomic E-state index is 12.6. The molecule has 1 fully saturated rings. The average Bonchev–Trinajstić information content (AvgIpc) is 3.44. The van der Waals surface area contributed by atoms with E-state index in [0.29, 0.717) is 11.7 Å². The smallest absolute Gasteiger partial charge is 0.409 e. The number of furan rings is 1. The fourth-order valence-corrected chi connectivity index (χ4v) is 3.89. The maximum absolute atomic E-state index is 12.6. The maximum Gasteiger partial charge on any atom is 0.409 e. The van der Waals surface area contributed by atoms with Crippen molar-refractivity contribution in [2.75, 3.05) is 37.4 Å². The molecular formula is C25H30F3N3O2. The predicted octanol–water partition coefficient (Wildman–Crippen LogP) is 5.70. The SMILES string of the molecule is C=CC(C)C(/C=C/C(F)(F)F)c1ccc(C(=O)Nc2ccc(N3CCC(N(C)C)C3)cc2)o1. The number of alkyl halides is 3. The molecule has 1 aliphatic heterocycles. The van der Waals surface area contributed by atoms with Gasteiger partial charge in [-0.1, -0.05) is 19.1 Å². The molecule has 5 nitrogen and oxygen atoms in total. The highest BCUT2D eigenvalue weighted by atomic mass is 19.4. The van der Waals surface area contributed by atoms with Gasteiger partial charge in [-0.2, -0.15) is 13.2 Å². The van der Waals surface area contributed by atoms with Crippen molar-refractivity contribution in [2.45, 2.75) is 31.5 Å². The molecule has 1 N–H and O–H groups in total. The van der Waals surface area contributed by atoms with Crippen molar-refractivity contribution < 1.29 is 22.4 Å². The summed E-state index contributed by atoms with van der Waals surface area (Å²) in [4.78, 5) is 17.2. The number of likely N-dealkylation sites (N-methyl/N-ethyl adjacent to an activating group) is 1. The van der Waals surface area contributed by atoms with Gasteiger partial charge in [0.25, 0.3) is 5.91 Å². The first-order valence-corrected chi connectivity index (χ1v) is 10.9. The molecule has 3 atom stereocenters. The summed E-state index contributed by atoms with van der Waals surface area (Å²) in [7, 11) is 4.17. The number of anilines is 2. The van der Waals surface area contributed by atoms with Crippen LogP contribution in [0, 0.1) is 5.92 Å². The van der Waals surface area contributed by atoms with Crippen LogP contribution in [0.5, 0.6) is 0 Å². The molecule has 0 saturated carbocycles. The number of rotatable bonds is 8. The van der Waals surface area contributed by atoms with E-state index in [0.717, 1.165) is 31.3 Å². The minimum absolute atomic E-state index is 0.0316. The number of halogens is 3. The van der Waals surface area contributed by atoms with Gasteiger partial charge in [0.05, 0.1) is 0 Å². The second kappa shape index (κ2) is 10.3. The van der Waals surface area contributed by atoms with Gasteiger partial charge in [-0.3, -0.25) is 4.79 Å². The molecule has 0 spiro atoms. The first-order chi connectivity index (χ1) is 15.6. The monoisotopic (exact) mass is 461 g/mol. The summed E-state index contributed by atoms with van der Waals surface area (Å²) < 4.78 is 43.5. The van der Waals surface area contributed by atoms with Crippen molar-refractivity contribution >= 4 is 17.3 Å². The molecule has 1 amide bonds. The first-order valence-electron chi connectivity index (χ1n) is 10.9. The molecule has 0 bridgehead atoms. The van der Waals surface area contributed by atoms with Crippen LogP contribution in [0.25, 0.3) is 0 Å². The van der Waals surface area contributed by atoms with Gasteiger partial charge in [-0.05, 0) is 62.8 Å². The highest BCUT2D eigenvalue weighted by molar-refractivity contribution is 6.02. The zero-order valence-corrected chi connectivity index (χ0v) is 19.1. The van der Waals surface area contributed by atoms with Gasteiger partial charge in [0.2, 0.25) is 0 Å². The Morgan fingerprint density at radius 1 is 1.24 bits per heavy atom. The van der Waals surface area contributed by atoms with E-state index < -0.39 is 18.0 Å². The van der Waals surface area contributed by atoms with Gasteiger partial charge in [-0.15, -0.1) is 6.58 Å². The normalized spacial score (nSPS) is 18.6. The zero-order valence-electron chi connectivity index (χ0n) is 19.1.